The number of rotatable bonds is 8. The molecule has 0 aromatic carbocycles. The standard InChI is InChI=1S/C16H24OS2/c1-4-5-6-7-8-9-10-17-15-11-14-12(2)18-13(3)16(14)19-15/h11H,4-10H2,1-3H3. The first-order valence-electron chi connectivity index (χ1n) is 7.34. The Bertz CT molecular complexity index is 476. The maximum atomic E-state index is 5.89. The van der Waals surface area contributed by atoms with Crippen molar-refractivity contribution in [2.45, 2.75) is 59.3 Å². The van der Waals surface area contributed by atoms with E-state index < -0.39 is 0 Å². The van der Waals surface area contributed by atoms with Gasteiger partial charge in [-0.15, -0.1) is 11.3 Å². The van der Waals surface area contributed by atoms with E-state index in [0.29, 0.717) is 0 Å². The molecule has 0 aliphatic carbocycles. The van der Waals surface area contributed by atoms with E-state index in [1.54, 1.807) is 11.3 Å². The maximum Gasteiger partial charge on any atom is 0.174 e. The van der Waals surface area contributed by atoms with Crippen LogP contribution in [0.25, 0.3) is 10.1 Å². The zero-order valence-corrected chi connectivity index (χ0v) is 13.9. The molecule has 3 heteroatoms. The molecule has 0 atom stereocenters. The van der Waals surface area contributed by atoms with Gasteiger partial charge in [-0.25, -0.2) is 0 Å². The number of aryl methyl sites for hydroxylation is 2. The van der Waals surface area contributed by atoms with Crippen molar-refractivity contribution in [3.63, 3.8) is 0 Å². The normalized spacial score (nSPS) is 11.3. The Labute approximate surface area is 124 Å². The third-order valence-electron chi connectivity index (χ3n) is 3.46. The van der Waals surface area contributed by atoms with Gasteiger partial charge >= 0.3 is 0 Å². The van der Waals surface area contributed by atoms with Crippen molar-refractivity contribution in [3.05, 3.63) is 15.8 Å². The van der Waals surface area contributed by atoms with Crippen LogP contribution in [0.1, 0.15) is 55.2 Å². The lowest BCUT2D eigenvalue weighted by Crippen LogP contribution is -1.95. The smallest absolute Gasteiger partial charge is 0.174 e. The van der Waals surface area contributed by atoms with E-state index in [-0.39, 0.29) is 0 Å². The summed E-state index contributed by atoms with van der Waals surface area (Å²) in [6.45, 7) is 7.53. The second-order valence-electron chi connectivity index (χ2n) is 5.14. The Hall–Kier alpha value is -0.540. The molecule has 2 aromatic heterocycles. The molecular formula is C16H24OS2. The van der Waals surface area contributed by atoms with Crippen LogP contribution >= 0.6 is 22.7 Å². The molecule has 0 aliphatic rings. The topological polar surface area (TPSA) is 9.23 Å². The van der Waals surface area contributed by atoms with Gasteiger partial charge in [-0.2, -0.15) is 0 Å². The summed E-state index contributed by atoms with van der Waals surface area (Å²) in [6, 6.07) is 2.22. The fraction of sp³-hybridized carbons (Fsp3) is 0.625. The predicted molar refractivity (Wildman–Crippen MR) is 88.0 cm³/mol. The Morgan fingerprint density at radius 2 is 1.68 bits per heavy atom. The second kappa shape index (κ2) is 7.30. The summed E-state index contributed by atoms with van der Waals surface area (Å²) in [5, 5.41) is 2.49. The van der Waals surface area contributed by atoms with Crippen molar-refractivity contribution in [1.29, 1.82) is 0 Å². The Kier molecular flexibility index (Phi) is 5.71. The van der Waals surface area contributed by atoms with E-state index in [4.69, 9.17) is 4.74 Å². The van der Waals surface area contributed by atoms with Crippen LogP contribution < -0.4 is 4.74 Å². The molecule has 0 radical (unpaired) electrons. The lowest BCUT2D eigenvalue weighted by molar-refractivity contribution is 0.313. The molecule has 106 valence electrons. The lowest BCUT2D eigenvalue weighted by Gasteiger charge is -2.03. The molecular weight excluding hydrogens is 272 g/mol. The Morgan fingerprint density at radius 1 is 0.947 bits per heavy atom. The van der Waals surface area contributed by atoms with Crippen molar-refractivity contribution in [3.8, 4) is 5.06 Å². The third-order valence-corrected chi connectivity index (χ3v) is 5.79. The van der Waals surface area contributed by atoms with Gasteiger partial charge in [0.05, 0.1) is 11.3 Å². The summed E-state index contributed by atoms with van der Waals surface area (Å²) in [5.74, 6) is 0. The van der Waals surface area contributed by atoms with Gasteiger partial charge in [-0.05, 0) is 20.3 Å². The third kappa shape index (κ3) is 3.96. The average molecular weight is 297 g/mol. The highest BCUT2D eigenvalue weighted by molar-refractivity contribution is 7.25. The first-order valence-corrected chi connectivity index (χ1v) is 8.98. The van der Waals surface area contributed by atoms with Crippen LogP contribution in [0.2, 0.25) is 0 Å². The molecule has 0 bridgehead atoms. The van der Waals surface area contributed by atoms with Crippen LogP contribution in [0.5, 0.6) is 5.06 Å². The molecule has 0 saturated carbocycles. The molecule has 19 heavy (non-hydrogen) atoms. The summed E-state index contributed by atoms with van der Waals surface area (Å²) in [4.78, 5) is 2.84. The molecule has 0 saturated heterocycles. The summed E-state index contributed by atoms with van der Waals surface area (Å²) in [5.41, 5.74) is 0. The average Bonchev–Trinajstić information content (AvgIpc) is 2.91. The van der Waals surface area contributed by atoms with E-state index in [0.717, 1.165) is 11.7 Å². The minimum absolute atomic E-state index is 0.872. The molecule has 1 nitrogen and oxygen atoms in total. The molecule has 0 amide bonds. The number of ether oxygens (including phenoxy) is 1. The van der Waals surface area contributed by atoms with Crippen molar-refractivity contribution in [2.24, 2.45) is 0 Å². The Morgan fingerprint density at radius 3 is 2.42 bits per heavy atom. The van der Waals surface area contributed by atoms with Crippen LogP contribution in [-0.4, -0.2) is 6.61 Å². The van der Waals surface area contributed by atoms with Crippen molar-refractivity contribution < 1.29 is 4.74 Å². The zero-order chi connectivity index (χ0) is 13.7. The summed E-state index contributed by atoms with van der Waals surface area (Å²) < 4.78 is 7.31. The van der Waals surface area contributed by atoms with Crippen LogP contribution in [-0.2, 0) is 0 Å². The maximum absolute atomic E-state index is 5.89. The summed E-state index contributed by atoms with van der Waals surface area (Å²) in [6.07, 6.45) is 7.92. The van der Waals surface area contributed by atoms with Gasteiger partial charge in [0.15, 0.2) is 5.06 Å². The highest BCUT2D eigenvalue weighted by Crippen LogP contribution is 2.40. The van der Waals surface area contributed by atoms with Crippen LogP contribution in [0.3, 0.4) is 0 Å². The quantitative estimate of drug-likeness (QED) is 0.518. The molecule has 2 rings (SSSR count). The van der Waals surface area contributed by atoms with E-state index in [9.17, 15) is 0 Å². The van der Waals surface area contributed by atoms with Gasteiger partial charge in [0.2, 0.25) is 0 Å². The van der Waals surface area contributed by atoms with Crippen LogP contribution in [0.4, 0.5) is 0 Å². The predicted octanol–water partition coefficient (Wildman–Crippen LogP) is 6.32. The van der Waals surface area contributed by atoms with Gasteiger partial charge in [-0.3, -0.25) is 0 Å². The number of fused-ring (bicyclic) bond motifs is 1. The molecule has 0 aliphatic heterocycles. The minimum atomic E-state index is 0.872. The van der Waals surface area contributed by atoms with Crippen LogP contribution in [0.15, 0.2) is 6.07 Å². The van der Waals surface area contributed by atoms with Crippen molar-refractivity contribution in [1.82, 2.24) is 0 Å². The van der Waals surface area contributed by atoms with Crippen molar-refractivity contribution in [2.75, 3.05) is 6.61 Å². The van der Waals surface area contributed by atoms with E-state index in [1.165, 1.54) is 58.4 Å². The number of hydrogen-bond donors (Lipinski definition) is 0. The van der Waals surface area contributed by atoms with E-state index in [1.807, 2.05) is 11.3 Å². The molecule has 0 spiro atoms. The first-order chi connectivity index (χ1) is 9.22. The summed E-state index contributed by atoms with van der Waals surface area (Å²) >= 11 is 3.70. The van der Waals surface area contributed by atoms with Gasteiger partial charge in [0, 0.05) is 21.2 Å². The largest absolute Gasteiger partial charge is 0.484 e. The monoisotopic (exact) mass is 296 g/mol. The number of unbranched alkanes of at least 4 members (excludes halogenated alkanes) is 5. The zero-order valence-electron chi connectivity index (χ0n) is 12.3. The molecule has 0 fully saturated rings. The molecule has 2 aromatic rings. The second-order valence-corrected chi connectivity index (χ2v) is 7.58. The summed E-state index contributed by atoms with van der Waals surface area (Å²) in [7, 11) is 0. The molecule has 0 unspecified atom stereocenters. The fourth-order valence-corrected chi connectivity index (χ4v) is 4.58. The van der Waals surface area contributed by atoms with Gasteiger partial charge in [0.25, 0.3) is 0 Å². The Balaban J connectivity index is 1.74. The fourth-order valence-electron chi connectivity index (χ4n) is 2.35. The first kappa shape index (κ1) is 14.9. The van der Waals surface area contributed by atoms with Gasteiger partial charge in [-0.1, -0.05) is 50.4 Å². The number of hydrogen-bond acceptors (Lipinski definition) is 3. The highest BCUT2D eigenvalue weighted by Gasteiger charge is 2.10. The van der Waals surface area contributed by atoms with Crippen LogP contribution in [0, 0.1) is 13.8 Å². The van der Waals surface area contributed by atoms with E-state index in [2.05, 4.69) is 26.8 Å². The number of thiophene rings is 2. The van der Waals surface area contributed by atoms with Crippen molar-refractivity contribution >= 4 is 32.8 Å². The highest BCUT2D eigenvalue weighted by atomic mass is 32.1. The lowest BCUT2D eigenvalue weighted by atomic mass is 10.1. The van der Waals surface area contributed by atoms with Gasteiger partial charge < -0.3 is 4.74 Å². The van der Waals surface area contributed by atoms with Gasteiger partial charge in [0.1, 0.15) is 0 Å². The minimum Gasteiger partial charge on any atom is -0.484 e. The SMILES string of the molecule is CCCCCCCCOc1cc2c(C)sc(C)c2s1. The molecule has 2 heterocycles. The van der Waals surface area contributed by atoms with E-state index >= 15 is 0 Å². The molecule has 0 N–H and O–H groups in total.